The second kappa shape index (κ2) is 9.30. The zero-order chi connectivity index (χ0) is 20.1. The van der Waals surface area contributed by atoms with Gasteiger partial charge in [0.15, 0.2) is 0 Å². The van der Waals surface area contributed by atoms with E-state index in [1.54, 1.807) is 4.90 Å². The van der Waals surface area contributed by atoms with Gasteiger partial charge < -0.3 is 20.0 Å². The van der Waals surface area contributed by atoms with E-state index in [1.807, 2.05) is 56.4 Å². The van der Waals surface area contributed by atoms with Gasteiger partial charge in [-0.25, -0.2) is 4.79 Å². The van der Waals surface area contributed by atoms with Crippen molar-refractivity contribution >= 4 is 29.0 Å². The second-order valence-electron chi connectivity index (χ2n) is 7.21. The molecule has 2 aromatic carbocycles. The summed E-state index contributed by atoms with van der Waals surface area (Å²) in [4.78, 5) is 19.4. The van der Waals surface area contributed by atoms with Gasteiger partial charge in [0.25, 0.3) is 0 Å². The fourth-order valence-electron chi connectivity index (χ4n) is 3.50. The highest BCUT2D eigenvalue weighted by Crippen LogP contribution is 2.28. The van der Waals surface area contributed by atoms with Crippen LogP contribution in [0.15, 0.2) is 48.5 Å². The summed E-state index contributed by atoms with van der Waals surface area (Å²) < 4.78 is 0. The number of anilines is 2. The second-order valence-corrected chi connectivity index (χ2v) is 7.64. The number of halogens is 1. The van der Waals surface area contributed by atoms with E-state index in [1.165, 1.54) is 0 Å². The summed E-state index contributed by atoms with van der Waals surface area (Å²) in [6, 6.07) is 15.5. The van der Waals surface area contributed by atoms with Crippen molar-refractivity contribution < 1.29 is 4.79 Å². The third-order valence-electron chi connectivity index (χ3n) is 5.56. The highest BCUT2D eigenvalue weighted by Gasteiger charge is 2.21. The number of nitrogens with zero attached hydrogens (tertiary/aromatic N) is 3. The van der Waals surface area contributed by atoms with E-state index in [-0.39, 0.29) is 12.1 Å². The van der Waals surface area contributed by atoms with Crippen LogP contribution in [0, 0.1) is 0 Å². The molecule has 0 aliphatic carbocycles. The number of hydrogen-bond donors (Lipinski definition) is 1. The standard InChI is InChI=1S/C22H29ClN4O/c1-4-26-13-15-27(16-14-26)21-8-6-5-7-20(21)24-22(28)25(3)17(2)18-9-11-19(23)12-10-18/h5-12,17H,4,13-16H2,1-3H3,(H,24,28)/t17-/m1/s1. The molecule has 1 saturated heterocycles. The van der Waals surface area contributed by atoms with Crippen LogP contribution in [-0.4, -0.2) is 55.6 Å². The third-order valence-corrected chi connectivity index (χ3v) is 5.81. The molecule has 1 aliphatic heterocycles. The molecular weight excluding hydrogens is 372 g/mol. The number of amides is 2. The van der Waals surface area contributed by atoms with Gasteiger partial charge in [0, 0.05) is 38.2 Å². The summed E-state index contributed by atoms with van der Waals surface area (Å²) in [6.45, 7) is 9.33. The van der Waals surface area contributed by atoms with Crippen molar-refractivity contribution in [1.29, 1.82) is 0 Å². The van der Waals surface area contributed by atoms with Crippen molar-refractivity contribution in [3.05, 3.63) is 59.1 Å². The number of nitrogens with one attached hydrogen (secondary N) is 1. The van der Waals surface area contributed by atoms with Crippen molar-refractivity contribution in [2.24, 2.45) is 0 Å². The Kier molecular flexibility index (Phi) is 6.81. The number of carbonyl (C=O) groups is 1. The Balaban J connectivity index is 1.69. The number of benzene rings is 2. The summed E-state index contributed by atoms with van der Waals surface area (Å²) in [5.74, 6) is 0. The molecule has 0 radical (unpaired) electrons. The maximum atomic E-state index is 12.9. The van der Waals surface area contributed by atoms with Gasteiger partial charge in [-0.3, -0.25) is 0 Å². The lowest BCUT2D eigenvalue weighted by molar-refractivity contribution is 0.208. The number of rotatable bonds is 5. The van der Waals surface area contributed by atoms with Gasteiger partial charge in [-0.1, -0.05) is 42.8 Å². The number of para-hydroxylation sites is 2. The molecule has 6 heteroatoms. The number of piperazine rings is 1. The van der Waals surface area contributed by atoms with Gasteiger partial charge in [-0.05, 0) is 43.3 Å². The number of likely N-dealkylation sites (N-methyl/N-ethyl adjacent to an activating group) is 1. The Morgan fingerprint density at radius 3 is 2.39 bits per heavy atom. The Bertz CT molecular complexity index is 787. The summed E-state index contributed by atoms with van der Waals surface area (Å²) in [7, 11) is 1.82. The molecule has 0 unspecified atom stereocenters. The largest absolute Gasteiger partial charge is 0.367 e. The van der Waals surface area contributed by atoms with Crippen molar-refractivity contribution in [1.82, 2.24) is 9.80 Å². The van der Waals surface area contributed by atoms with Crippen LogP contribution >= 0.6 is 11.6 Å². The predicted octanol–water partition coefficient (Wildman–Crippen LogP) is 4.71. The van der Waals surface area contributed by atoms with E-state index in [4.69, 9.17) is 11.6 Å². The van der Waals surface area contributed by atoms with Gasteiger partial charge in [0.2, 0.25) is 0 Å². The van der Waals surface area contributed by atoms with E-state index in [9.17, 15) is 4.79 Å². The monoisotopic (exact) mass is 400 g/mol. The molecule has 0 spiro atoms. The summed E-state index contributed by atoms with van der Waals surface area (Å²) in [5.41, 5.74) is 2.98. The normalized spacial score (nSPS) is 15.9. The van der Waals surface area contributed by atoms with Gasteiger partial charge in [0.05, 0.1) is 17.4 Å². The van der Waals surface area contributed by atoms with E-state index in [0.717, 1.165) is 49.7 Å². The molecule has 1 fully saturated rings. The third kappa shape index (κ3) is 4.78. The zero-order valence-electron chi connectivity index (χ0n) is 16.9. The van der Waals surface area contributed by atoms with E-state index >= 15 is 0 Å². The molecule has 1 atom stereocenters. The fourth-order valence-corrected chi connectivity index (χ4v) is 3.63. The van der Waals surface area contributed by atoms with Gasteiger partial charge in [-0.2, -0.15) is 0 Å². The lowest BCUT2D eigenvalue weighted by atomic mass is 10.1. The lowest BCUT2D eigenvalue weighted by Crippen LogP contribution is -2.46. The molecule has 0 aromatic heterocycles. The Morgan fingerprint density at radius 1 is 1.11 bits per heavy atom. The molecule has 2 amide bonds. The van der Waals surface area contributed by atoms with Crippen LogP contribution in [0.2, 0.25) is 5.02 Å². The average Bonchev–Trinajstić information content (AvgIpc) is 2.73. The quantitative estimate of drug-likeness (QED) is 0.790. The van der Waals surface area contributed by atoms with Crippen LogP contribution in [-0.2, 0) is 0 Å². The molecule has 5 nitrogen and oxygen atoms in total. The van der Waals surface area contributed by atoms with Crippen LogP contribution in [0.4, 0.5) is 16.2 Å². The molecule has 1 aliphatic rings. The van der Waals surface area contributed by atoms with Crippen LogP contribution in [0.5, 0.6) is 0 Å². The minimum absolute atomic E-state index is 0.0578. The Morgan fingerprint density at radius 2 is 1.75 bits per heavy atom. The smallest absolute Gasteiger partial charge is 0.322 e. The van der Waals surface area contributed by atoms with Crippen LogP contribution in [0.3, 0.4) is 0 Å². The first kappa shape index (κ1) is 20.5. The number of hydrogen-bond acceptors (Lipinski definition) is 3. The SMILES string of the molecule is CCN1CCN(c2ccccc2NC(=O)N(C)[C@H](C)c2ccc(Cl)cc2)CC1. The van der Waals surface area contributed by atoms with Crippen molar-refractivity contribution in [3.63, 3.8) is 0 Å². The highest BCUT2D eigenvalue weighted by atomic mass is 35.5. The molecule has 2 aromatic rings. The van der Waals surface area contributed by atoms with E-state index in [0.29, 0.717) is 5.02 Å². The minimum atomic E-state index is -0.123. The predicted molar refractivity (Wildman–Crippen MR) is 117 cm³/mol. The summed E-state index contributed by atoms with van der Waals surface area (Å²) in [6.07, 6.45) is 0. The molecule has 3 rings (SSSR count). The zero-order valence-corrected chi connectivity index (χ0v) is 17.6. The van der Waals surface area contributed by atoms with Crippen LogP contribution in [0.1, 0.15) is 25.5 Å². The van der Waals surface area contributed by atoms with Crippen LogP contribution in [0.25, 0.3) is 0 Å². The van der Waals surface area contributed by atoms with E-state index < -0.39 is 0 Å². The molecule has 28 heavy (non-hydrogen) atoms. The van der Waals surface area contributed by atoms with Gasteiger partial charge in [-0.15, -0.1) is 0 Å². The van der Waals surface area contributed by atoms with Crippen LogP contribution < -0.4 is 10.2 Å². The first-order valence-electron chi connectivity index (χ1n) is 9.85. The molecule has 1 N–H and O–H groups in total. The highest BCUT2D eigenvalue weighted by molar-refractivity contribution is 6.30. The number of urea groups is 1. The lowest BCUT2D eigenvalue weighted by Gasteiger charge is -2.36. The summed E-state index contributed by atoms with van der Waals surface area (Å²) >= 11 is 5.97. The minimum Gasteiger partial charge on any atom is -0.367 e. The average molecular weight is 401 g/mol. The van der Waals surface area contributed by atoms with Gasteiger partial charge in [0.1, 0.15) is 0 Å². The first-order chi connectivity index (χ1) is 13.5. The Labute approximate surface area is 172 Å². The number of carbonyl (C=O) groups excluding carboxylic acids is 1. The van der Waals surface area contributed by atoms with Crippen molar-refractivity contribution in [2.75, 3.05) is 50.0 Å². The van der Waals surface area contributed by atoms with E-state index in [2.05, 4.69) is 28.1 Å². The summed E-state index contributed by atoms with van der Waals surface area (Å²) in [5, 5.41) is 3.80. The van der Waals surface area contributed by atoms with Gasteiger partial charge >= 0.3 is 6.03 Å². The molecule has 0 bridgehead atoms. The first-order valence-corrected chi connectivity index (χ1v) is 10.2. The van der Waals surface area contributed by atoms with Crippen molar-refractivity contribution in [2.45, 2.75) is 19.9 Å². The maximum Gasteiger partial charge on any atom is 0.322 e. The molecule has 150 valence electrons. The molecule has 0 saturated carbocycles. The Hall–Kier alpha value is -2.24. The molecular formula is C22H29ClN4O. The molecule has 1 heterocycles. The fraction of sp³-hybridized carbons (Fsp3) is 0.409. The maximum absolute atomic E-state index is 12.9. The van der Waals surface area contributed by atoms with Crippen molar-refractivity contribution in [3.8, 4) is 0 Å². The topological polar surface area (TPSA) is 38.8 Å².